The van der Waals surface area contributed by atoms with Crippen molar-refractivity contribution in [3.05, 3.63) is 84.1 Å². The average Bonchev–Trinajstić information content (AvgIpc) is 3.04. The van der Waals surface area contributed by atoms with Crippen molar-refractivity contribution in [2.45, 2.75) is 6.92 Å². The maximum atomic E-state index is 11.1. The number of aromatic nitrogens is 2. The molecule has 6 heteroatoms. The number of nitrogens with zero attached hydrogens (tertiary/aromatic N) is 4. The fourth-order valence-corrected chi connectivity index (χ4v) is 2.83. The highest BCUT2D eigenvalue weighted by Gasteiger charge is 2.14. The second kappa shape index (κ2) is 6.84. The molecule has 4 rings (SSSR count). The van der Waals surface area contributed by atoms with Crippen LogP contribution in [0.1, 0.15) is 15.9 Å². The highest BCUT2D eigenvalue weighted by atomic mass is 16.4. The van der Waals surface area contributed by atoms with Crippen LogP contribution in [-0.4, -0.2) is 20.5 Å². The van der Waals surface area contributed by atoms with E-state index in [9.17, 15) is 4.79 Å². The second-order valence-electron chi connectivity index (χ2n) is 6.14. The number of carboxylic acids is 1. The van der Waals surface area contributed by atoms with Gasteiger partial charge in [0.1, 0.15) is 11.3 Å². The topological polar surface area (TPSA) is 79.3 Å². The van der Waals surface area contributed by atoms with Gasteiger partial charge in [-0.05, 0) is 42.8 Å². The third-order valence-electron chi connectivity index (χ3n) is 4.16. The van der Waals surface area contributed by atoms with Crippen molar-refractivity contribution >= 4 is 23.1 Å². The van der Waals surface area contributed by atoms with Gasteiger partial charge in [-0.15, -0.1) is 10.2 Å². The molecule has 2 aromatic carbocycles. The Morgan fingerprint density at radius 1 is 1.00 bits per heavy atom. The van der Waals surface area contributed by atoms with E-state index in [0.717, 1.165) is 22.5 Å². The molecular formula is C21H16N4O2. The van der Waals surface area contributed by atoms with Crippen LogP contribution in [-0.2, 0) is 0 Å². The van der Waals surface area contributed by atoms with Gasteiger partial charge < -0.3 is 5.11 Å². The highest BCUT2D eigenvalue weighted by Crippen LogP contribution is 2.32. The quantitative estimate of drug-likeness (QED) is 0.496. The van der Waals surface area contributed by atoms with E-state index in [4.69, 9.17) is 10.1 Å². The Kier molecular flexibility index (Phi) is 4.22. The first-order chi connectivity index (χ1) is 13.1. The summed E-state index contributed by atoms with van der Waals surface area (Å²) in [7, 11) is 0. The van der Waals surface area contributed by atoms with Gasteiger partial charge in [-0.1, -0.05) is 36.4 Å². The maximum Gasteiger partial charge on any atom is 0.335 e. The zero-order chi connectivity index (χ0) is 18.8. The van der Waals surface area contributed by atoms with Crippen LogP contribution in [0.3, 0.4) is 0 Å². The molecule has 0 radical (unpaired) electrons. The Morgan fingerprint density at radius 2 is 1.81 bits per heavy atom. The molecule has 4 aromatic rings. The van der Waals surface area contributed by atoms with Crippen molar-refractivity contribution in [2.75, 3.05) is 0 Å². The monoisotopic (exact) mass is 356 g/mol. The van der Waals surface area contributed by atoms with Gasteiger partial charge >= 0.3 is 5.97 Å². The normalized spacial score (nSPS) is 11.3. The lowest BCUT2D eigenvalue weighted by Gasteiger charge is -2.00. The summed E-state index contributed by atoms with van der Waals surface area (Å²) < 4.78 is 1.87. The lowest BCUT2D eigenvalue weighted by Crippen LogP contribution is -1.94. The van der Waals surface area contributed by atoms with Gasteiger partial charge in [0.25, 0.3) is 0 Å². The minimum atomic E-state index is -0.998. The fraction of sp³-hybridized carbons (Fsp3) is 0.0476. The highest BCUT2D eigenvalue weighted by molar-refractivity contribution is 5.88. The van der Waals surface area contributed by atoms with Gasteiger partial charge in [-0.2, -0.15) is 0 Å². The minimum Gasteiger partial charge on any atom is -0.478 e. The molecule has 0 unspecified atom stereocenters. The molecule has 0 aliphatic rings. The van der Waals surface area contributed by atoms with E-state index in [1.807, 2.05) is 60.0 Å². The second-order valence-corrected chi connectivity index (χ2v) is 6.14. The summed E-state index contributed by atoms with van der Waals surface area (Å²) in [5.41, 5.74) is 4.18. The molecule has 0 saturated heterocycles. The molecule has 0 bridgehead atoms. The van der Waals surface area contributed by atoms with Crippen molar-refractivity contribution in [3.63, 3.8) is 0 Å². The van der Waals surface area contributed by atoms with E-state index in [2.05, 4.69) is 10.2 Å². The van der Waals surface area contributed by atoms with Gasteiger partial charge in [-0.25, -0.2) is 9.78 Å². The standard InChI is InChI=1S/C21H16N4O2/c1-14-10-11-25-18(12-14)22-19(15-6-3-2-4-7-15)20(25)24-23-17-9-5-8-16(13-17)21(26)27/h2-13H,1H3,(H,26,27). The Balaban J connectivity index is 1.85. The number of rotatable bonds is 4. The van der Waals surface area contributed by atoms with Gasteiger partial charge in [0.15, 0.2) is 5.82 Å². The summed E-state index contributed by atoms with van der Waals surface area (Å²) in [5, 5.41) is 17.8. The predicted molar refractivity (Wildman–Crippen MR) is 103 cm³/mol. The number of fused-ring (bicyclic) bond motifs is 1. The lowest BCUT2D eigenvalue weighted by atomic mass is 10.1. The number of hydrogen-bond donors (Lipinski definition) is 1. The van der Waals surface area contributed by atoms with E-state index < -0.39 is 5.97 Å². The zero-order valence-corrected chi connectivity index (χ0v) is 14.6. The molecular weight excluding hydrogens is 340 g/mol. The molecule has 0 aliphatic carbocycles. The predicted octanol–water partition coefficient (Wildman–Crippen LogP) is 5.42. The Labute approximate surface area is 155 Å². The number of pyridine rings is 1. The molecule has 0 aliphatic heterocycles. The molecule has 6 nitrogen and oxygen atoms in total. The van der Waals surface area contributed by atoms with Crippen molar-refractivity contribution in [1.82, 2.24) is 9.38 Å². The number of hydrogen-bond acceptors (Lipinski definition) is 4. The molecule has 2 heterocycles. The van der Waals surface area contributed by atoms with Gasteiger partial charge in [0.05, 0.1) is 11.3 Å². The summed E-state index contributed by atoms with van der Waals surface area (Å²) in [5.74, 6) is -0.403. The maximum absolute atomic E-state index is 11.1. The molecule has 0 spiro atoms. The molecule has 1 N–H and O–H groups in total. The molecule has 27 heavy (non-hydrogen) atoms. The Morgan fingerprint density at radius 3 is 2.59 bits per heavy atom. The number of benzene rings is 2. The number of aromatic carboxylic acids is 1. The first-order valence-electron chi connectivity index (χ1n) is 8.41. The summed E-state index contributed by atoms with van der Waals surface area (Å²) in [4.78, 5) is 15.9. The van der Waals surface area contributed by atoms with Crippen LogP contribution in [0.25, 0.3) is 16.9 Å². The summed E-state index contributed by atoms with van der Waals surface area (Å²) in [6, 6.07) is 20.1. The van der Waals surface area contributed by atoms with Crippen LogP contribution in [0, 0.1) is 6.92 Å². The smallest absolute Gasteiger partial charge is 0.335 e. The van der Waals surface area contributed by atoms with Crippen LogP contribution in [0.15, 0.2) is 83.2 Å². The van der Waals surface area contributed by atoms with Crippen LogP contribution in [0.2, 0.25) is 0 Å². The number of aryl methyl sites for hydroxylation is 1. The summed E-state index contributed by atoms with van der Waals surface area (Å²) >= 11 is 0. The van der Waals surface area contributed by atoms with Crippen molar-refractivity contribution in [3.8, 4) is 11.3 Å². The molecule has 132 valence electrons. The Hall–Kier alpha value is -3.80. The largest absolute Gasteiger partial charge is 0.478 e. The van der Waals surface area contributed by atoms with Crippen LogP contribution >= 0.6 is 0 Å². The zero-order valence-electron chi connectivity index (χ0n) is 14.6. The van der Waals surface area contributed by atoms with Gasteiger partial charge in [0, 0.05) is 11.8 Å². The molecule has 0 saturated carbocycles. The van der Waals surface area contributed by atoms with E-state index in [1.54, 1.807) is 12.1 Å². The molecule has 0 amide bonds. The Bertz CT molecular complexity index is 1160. The SMILES string of the molecule is Cc1ccn2c(N=Nc3cccc(C(=O)O)c3)c(-c3ccccc3)nc2c1. The van der Waals surface area contributed by atoms with E-state index in [-0.39, 0.29) is 5.56 Å². The summed E-state index contributed by atoms with van der Waals surface area (Å²) in [6.45, 7) is 2.01. The molecule has 2 aromatic heterocycles. The number of azo groups is 1. The molecule has 0 fully saturated rings. The van der Waals surface area contributed by atoms with E-state index >= 15 is 0 Å². The number of carboxylic acid groups (broad SMARTS) is 1. The third kappa shape index (κ3) is 3.32. The van der Waals surface area contributed by atoms with Crippen LogP contribution in [0.4, 0.5) is 11.5 Å². The summed E-state index contributed by atoms with van der Waals surface area (Å²) in [6.07, 6.45) is 1.91. The van der Waals surface area contributed by atoms with Gasteiger partial charge in [-0.3, -0.25) is 4.40 Å². The van der Waals surface area contributed by atoms with Crippen molar-refractivity contribution in [1.29, 1.82) is 0 Å². The van der Waals surface area contributed by atoms with E-state index in [1.165, 1.54) is 12.1 Å². The first-order valence-corrected chi connectivity index (χ1v) is 8.41. The van der Waals surface area contributed by atoms with Crippen molar-refractivity contribution in [2.24, 2.45) is 10.2 Å². The molecule has 0 atom stereocenters. The van der Waals surface area contributed by atoms with E-state index in [0.29, 0.717) is 11.5 Å². The van der Waals surface area contributed by atoms with Gasteiger partial charge in [0.2, 0.25) is 0 Å². The fourth-order valence-electron chi connectivity index (χ4n) is 2.83. The minimum absolute atomic E-state index is 0.170. The third-order valence-corrected chi connectivity index (χ3v) is 4.16. The first kappa shape index (κ1) is 16.7. The lowest BCUT2D eigenvalue weighted by molar-refractivity contribution is 0.0697. The number of imidazole rings is 1. The average molecular weight is 356 g/mol. The van der Waals surface area contributed by atoms with Crippen LogP contribution < -0.4 is 0 Å². The number of carbonyl (C=O) groups is 1. The van der Waals surface area contributed by atoms with Crippen molar-refractivity contribution < 1.29 is 9.90 Å². The van der Waals surface area contributed by atoms with Crippen LogP contribution in [0.5, 0.6) is 0 Å².